The topological polar surface area (TPSA) is 41.6 Å². The monoisotopic (exact) mass is 321 g/mol. The zero-order valence-corrected chi connectivity index (χ0v) is 15.4. The minimum absolute atomic E-state index is 0.744. The average Bonchev–Trinajstić information content (AvgIpc) is 2.99. The molecular formula is C20H39N3. The second kappa shape index (κ2) is 14.7. The summed E-state index contributed by atoms with van der Waals surface area (Å²) in [6.07, 6.45) is 20.8. The van der Waals surface area contributed by atoms with Gasteiger partial charge in [-0.2, -0.15) is 0 Å². The smallest absolute Gasteiger partial charge is 0.0990 e. The van der Waals surface area contributed by atoms with Gasteiger partial charge in [-0.25, -0.2) is 0 Å². The Bertz CT molecular complexity index is 323. The van der Waals surface area contributed by atoms with Gasteiger partial charge in [-0.05, 0) is 26.2 Å². The minimum atomic E-state index is 0.744. The van der Waals surface area contributed by atoms with Gasteiger partial charge in [-0.1, -0.05) is 63.5 Å². The molecule has 0 saturated heterocycles. The largest absolute Gasteiger partial charge is 0.357 e. The SMILES string of the molecule is C/C=C/CCCCCCCCCCCCC1=NCCN1CCN. The molecular weight excluding hydrogens is 282 g/mol. The second-order valence-corrected chi connectivity index (χ2v) is 6.72. The number of nitrogens with two attached hydrogens (primary N) is 1. The van der Waals surface area contributed by atoms with Gasteiger partial charge >= 0.3 is 0 Å². The molecule has 1 aliphatic rings. The van der Waals surface area contributed by atoms with Crippen LogP contribution in [0, 0.1) is 0 Å². The molecule has 0 aromatic rings. The van der Waals surface area contributed by atoms with E-state index in [0.29, 0.717) is 0 Å². The Kier molecular flexibility index (Phi) is 13.0. The summed E-state index contributed by atoms with van der Waals surface area (Å²) in [7, 11) is 0. The fraction of sp³-hybridized carbons (Fsp3) is 0.850. The van der Waals surface area contributed by atoms with E-state index < -0.39 is 0 Å². The van der Waals surface area contributed by atoms with Crippen LogP contribution in [0.4, 0.5) is 0 Å². The number of hydrogen-bond acceptors (Lipinski definition) is 3. The van der Waals surface area contributed by atoms with Gasteiger partial charge in [0.1, 0.15) is 0 Å². The summed E-state index contributed by atoms with van der Waals surface area (Å²) in [5, 5.41) is 0. The number of aliphatic imine (C=N–C) groups is 1. The summed E-state index contributed by atoms with van der Waals surface area (Å²) in [4.78, 5) is 6.98. The fourth-order valence-corrected chi connectivity index (χ4v) is 3.29. The van der Waals surface area contributed by atoms with E-state index in [1.807, 2.05) is 0 Å². The van der Waals surface area contributed by atoms with Crippen LogP contribution in [-0.2, 0) is 0 Å². The molecule has 0 saturated carbocycles. The summed E-state index contributed by atoms with van der Waals surface area (Å²) < 4.78 is 0. The van der Waals surface area contributed by atoms with Crippen LogP contribution < -0.4 is 5.73 Å². The van der Waals surface area contributed by atoms with Gasteiger partial charge in [-0.3, -0.25) is 4.99 Å². The van der Waals surface area contributed by atoms with Crippen molar-refractivity contribution >= 4 is 5.84 Å². The molecule has 2 N–H and O–H groups in total. The number of amidine groups is 1. The lowest BCUT2D eigenvalue weighted by molar-refractivity contribution is 0.455. The quantitative estimate of drug-likeness (QED) is 0.344. The van der Waals surface area contributed by atoms with Crippen molar-refractivity contribution in [3.8, 4) is 0 Å². The Hall–Kier alpha value is -0.830. The maximum atomic E-state index is 5.65. The molecule has 1 heterocycles. The summed E-state index contributed by atoms with van der Waals surface area (Å²) in [5.41, 5.74) is 5.65. The number of rotatable bonds is 15. The second-order valence-electron chi connectivity index (χ2n) is 6.72. The van der Waals surface area contributed by atoms with Crippen molar-refractivity contribution in [2.45, 2.75) is 84.0 Å². The first-order valence-corrected chi connectivity index (χ1v) is 9.98. The molecule has 23 heavy (non-hydrogen) atoms. The Morgan fingerprint density at radius 1 is 0.957 bits per heavy atom. The lowest BCUT2D eigenvalue weighted by Crippen LogP contribution is -2.32. The van der Waals surface area contributed by atoms with E-state index in [-0.39, 0.29) is 0 Å². The molecule has 0 amide bonds. The van der Waals surface area contributed by atoms with Crippen molar-refractivity contribution in [2.75, 3.05) is 26.2 Å². The molecule has 0 fully saturated rings. The van der Waals surface area contributed by atoms with Crippen LogP contribution in [0.1, 0.15) is 84.0 Å². The predicted molar refractivity (Wildman–Crippen MR) is 103 cm³/mol. The maximum Gasteiger partial charge on any atom is 0.0990 e. The van der Waals surface area contributed by atoms with E-state index in [1.54, 1.807) is 0 Å². The highest BCUT2D eigenvalue weighted by Crippen LogP contribution is 2.14. The van der Waals surface area contributed by atoms with Gasteiger partial charge in [0.25, 0.3) is 0 Å². The van der Waals surface area contributed by atoms with Crippen molar-refractivity contribution in [1.82, 2.24) is 4.90 Å². The maximum absolute atomic E-state index is 5.65. The highest BCUT2D eigenvalue weighted by molar-refractivity contribution is 5.83. The van der Waals surface area contributed by atoms with Crippen LogP contribution in [0.15, 0.2) is 17.1 Å². The third kappa shape index (κ3) is 10.5. The van der Waals surface area contributed by atoms with Gasteiger partial charge in [0, 0.05) is 26.1 Å². The fourth-order valence-electron chi connectivity index (χ4n) is 3.29. The zero-order valence-electron chi connectivity index (χ0n) is 15.4. The van der Waals surface area contributed by atoms with Gasteiger partial charge in [0.15, 0.2) is 0 Å². The molecule has 0 bridgehead atoms. The summed E-state index contributed by atoms with van der Waals surface area (Å²) in [6.45, 7) is 5.89. The Balaban J connectivity index is 1.81. The predicted octanol–water partition coefficient (Wildman–Crippen LogP) is 4.92. The molecule has 0 unspecified atom stereocenters. The van der Waals surface area contributed by atoms with E-state index in [9.17, 15) is 0 Å². The van der Waals surface area contributed by atoms with Gasteiger partial charge in [0.2, 0.25) is 0 Å². The molecule has 1 rings (SSSR count). The van der Waals surface area contributed by atoms with E-state index in [1.165, 1.54) is 76.5 Å². The minimum Gasteiger partial charge on any atom is -0.357 e. The van der Waals surface area contributed by atoms with E-state index in [0.717, 1.165) is 32.6 Å². The van der Waals surface area contributed by atoms with E-state index >= 15 is 0 Å². The Labute approximate surface area is 144 Å². The van der Waals surface area contributed by atoms with Crippen molar-refractivity contribution in [3.63, 3.8) is 0 Å². The van der Waals surface area contributed by atoms with E-state index in [2.05, 4.69) is 29.0 Å². The highest BCUT2D eigenvalue weighted by Gasteiger charge is 2.14. The van der Waals surface area contributed by atoms with Crippen LogP contribution in [-0.4, -0.2) is 36.9 Å². The standard InChI is InChI=1S/C20H39N3/c1-2-3-4-5-6-7-8-9-10-11-12-13-14-15-20-22-17-19-23(20)18-16-21/h2-3H,4-19,21H2,1H3/b3-2+. The van der Waals surface area contributed by atoms with Crippen LogP contribution in [0.5, 0.6) is 0 Å². The van der Waals surface area contributed by atoms with E-state index in [4.69, 9.17) is 5.73 Å². The molecule has 3 nitrogen and oxygen atoms in total. The number of hydrogen-bond donors (Lipinski definition) is 1. The molecule has 0 aromatic heterocycles. The van der Waals surface area contributed by atoms with Gasteiger partial charge in [-0.15, -0.1) is 0 Å². The summed E-state index contributed by atoms with van der Waals surface area (Å²) >= 11 is 0. The lowest BCUT2D eigenvalue weighted by Gasteiger charge is -2.19. The Morgan fingerprint density at radius 2 is 1.57 bits per heavy atom. The number of allylic oxidation sites excluding steroid dienone is 2. The number of nitrogens with zero attached hydrogens (tertiary/aromatic N) is 2. The van der Waals surface area contributed by atoms with Crippen LogP contribution >= 0.6 is 0 Å². The molecule has 0 radical (unpaired) electrons. The molecule has 134 valence electrons. The third-order valence-corrected chi connectivity index (χ3v) is 4.69. The average molecular weight is 322 g/mol. The normalized spacial score (nSPS) is 14.9. The zero-order chi connectivity index (χ0) is 16.6. The molecule has 1 aliphatic heterocycles. The molecule has 0 aromatic carbocycles. The number of unbranched alkanes of at least 4 members (excludes halogenated alkanes) is 10. The summed E-state index contributed by atoms with van der Waals surface area (Å²) in [6, 6.07) is 0. The molecule has 0 atom stereocenters. The first-order valence-electron chi connectivity index (χ1n) is 9.98. The van der Waals surface area contributed by atoms with Gasteiger partial charge < -0.3 is 10.6 Å². The van der Waals surface area contributed by atoms with Gasteiger partial charge in [0.05, 0.1) is 12.4 Å². The lowest BCUT2D eigenvalue weighted by atomic mass is 10.0. The third-order valence-electron chi connectivity index (χ3n) is 4.69. The highest BCUT2D eigenvalue weighted by atomic mass is 15.2. The summed E-state index contributed by atoms with van der Waals surface area (Å²) in [5.74, 6) is 1.31. The molecule has 3 heteroatoms. The van der Waals surface area contributed by atoms with Crippen LogP contribution in [0.3, 0.4) is 0 Å². The van der Waals surface area contributed by atoms with Crippen molar-refractivity contribution in [3.05, 3.63) is 12.2 Å². The van der Waals surface area contributed by atoms with Crippen LogP contribution in [0.25, 0.3) is 0 Å². The van der Waals surface area contributed by atoms with Crippen molar-refractivity contribution < 1.29 is 0 Å². The Morgan fingerprint density at radius 3 is 2.17 bits per heavy atom. The van der Waals surface area contributed by atoms with Crippen LogP contribution in [0.2, 0.25) is 0 Å². The molecule has 0 spiro atoms. The molecule has 0 aliphatic carbocycles. The van der Waals surface area contributed by atoms with Crippen molar-refractivity contribution in [1.29, 1.82) is 0 Å². The first-order chi connectivity index (χ1) is 11.4. The van der Waals surface area contributed by atoms with Crippen molar-refractivity contribution in [2.24, 2.45) is 10.7 Å². The first kappa shape index (κ1) is 20.2.